The van der Waals surface area contributed by atoms with Crippen molar-refractivity contribution >= 4 is 23.5 Å². The minimum atomic E-state index is -0.447. The Morgan fingerprint density at radius 1 is 1.09 bits per heavy atom. The highest BCUT2D eigenvalue weighted by molar-refractivity contribution is 8.00. The van der Waals surface area contributed by atoms with Gasteiger partial charge < -0.3 is 25.8 Å². The summed E-state index contributed by atoms with van der Waals surface area (Å²) in [5.41, 5.74) is 6.10. The van der Waals surface area contributed by atoms with Gasteiger partial charge in [-0.15, -0.1) is 11.8 Å². The maximum Gasteiger partial charge on any atom is 0.351 e. The van der Waals surface area contributed by atoms with Crippen molar-refractivity contribution in [1.29, 1.82) is 0 Å². The summed E-state index contributed by atoms with van der Waals surface area (Å²) >= 11 is 1.51. The largest absolute Gasteiger partial charge is 0.462 e. The third-order valence-corrected chi connectivity index (χ3v) is 6.74. The Hall–Kier alpha value is -2.40. The molecule has 0 bridgehead atoms. The Morgan fingerprint density at radius 2 is 1.83 bits per heavy atom. The van der Waals surface area contributed by atoms with E-state index in [1.54, 1.807) is 12.3 Å². The van der Waals surface area contributed by atoms with Crippen LogP contribution in [0.15, 0.2) is 47.4 Å². The standard InChI is InChI=1S/C25H37N5O4S/c26-21-12-16-30(25(32)29-21)22-19-35-24(34-22)18-33-23(31)11-5-8-14-27-13-6-2-7-15-28-17-20-9-3-1-4-10-20/h1,3-4,9-10,12,16,22,24,27-28H,2,5-8,11,13-15,17-19H2,(H2,26,29,32). The second-order valence-corrected chi connectivity index (χ2v) is 9.70. The van der Waals surface area contributed by atoms with Gasteiger partial charge in [0, 0.05) is 24.9 Å². The number of thioether (sulfide) groups is 1. The van der Waals surface area contributed by atoms with E-state index in [2.05, 4.69) is 39.9 Å². The zero-order valence-electron chi connectivity index (χ0n) is 20.2. The van der Waals surface area contributed by atoms with Gasteiger partial charge in [0.2, 0.25) is 0 Å². The molecule has 0 amide bonds. The van der Waals surface area contributed by atoms with Crippen LogP contribution in [0, 0.1) is 0 Å². The summed E-state index contributed by atoms with van der Waals surface area (Å²) in [6.07, 6.45) is 6.82. The number of hydrogen-bond donors (Lipinski definition) is 3. The van der Waals surface area contributed by atoms with Crippen LogP contribution in [0.3, 0.4) is 0 Å². The maximum atomic E-state index is 12.0. The molecule has 0 saturated carbocycles. The molecule has 0 spiro atoms. The predicted molar refractivity (Wildman–Crippen MR) is 139 cm³/mol. The molecule has 0 aliphatic carbocycles. The quantitative estimate of drug-likeness (QED) is 0.234. The highest BCUT2D eigenvalue weighted by Gasteiger charge is 2.29. The summed E-state index contributed by atoms with van der Waals surface area (Å²) in [4.78, 5) is 27.6. The van der Waals surface area contributed by atoms with Gasteiger partial charge in [0.15, 0.2) is 0 Å². The Bertz CT molecular complexity index is 943. The van der Waals surface area contributed by atoms with Crippen LogP contribution in [-0.4, -0.2) is 53.0 Å². The number of nitrogen functional groups attached to an aromatic ring is 1. The molecule has 1 aliphatic heterocycles. The highest BCUT2D eigenvalue weighted by Crippen LogP contribution is 2.31. The summed E-state index contributed by atoms with van der Waals surface area (Å²) in [5.74, 6) is 0.552. The van der Waals surface area contributed by atoms with Gasteiger partial charge in [0.25, 0.3) is 0 Å². The lowest BCUT2D eigenvalue weighted by atomic mass is 10.2. The smallest absolute Gasteiger partial charge is 0.351 e. The number of nitrogens with two attached hydrogens (primary N) is 1. The van der Waals surface area contributed by atoms with E-state index < -0.39 is 11.9 Å². The van der Waals surface area contributed by atoms with E-state index in [0.717, 1.165) is 45.4 Å². The first kappa shape index (κ1) is 27.2. The Balaban J connectivity index is 1.11. The van der Waals surface area contributed by atoms with Crippen LogP contribution in [0.25, 0.3) is 0 Å². The Kier molecular flexibility index (Phi) is 12.1. The van der Waals surface area contributed by atoms with E-state index >= 15 is 0 Å². The normalized spacial score (nSPS) is 17.5. The fraction of sp³-hybridized carbons (Fsp3) is 0.560. The molecule has 192 valence electrons. The van der Waals surface area contributed by atoms with E-state index in [1.165, 1.54) is 34.7 Å². The first-order chi connectivity index (χ1) is 17.1. The van der Waals surface area contributed by atoms with Gasteiger partial charge in [0.05, 0.1) is 0 Å². The van der Waals surface area contributed by atoms with Crippen molar-refractivity contribution < 1.29 is 14.3 Å². The number of carbonyl (C=O) groups is 1. The first-order valence-electron chi connectivity index (χ1n) is 12.3. The van der Waals surface area contributed by atoms with Crippen molar-refractivity contribution in [3.8, 4) is 0 Å². The van der Waals surface area contributed by atoms with E-state index in [1.807, 2.05) is 6.07 Å². The summed E-state index contributed by atoms with van der Waals surface area (Å²) in [7, 11) is 0. The van der Waals surface area contributed by atoms with Crippen LogP contribution in [0.4, 0.5) is 5.82 Å². The Labute approximate surface area is 211 Å². The van der Waals surface area contributed by atoms with Crippen molar-refractivity contribution in [1.82, 2.24) is 20.2 Å². The summed E-state index contributed by atoms with van der Waals surface area (Å²) in [5, 5.41) is 6.92. The molecular weight excluding hydrogens is 466 g/mol. The molecule has 4 N–H and O–H groups in total. The highest BCUT2D eigenvalue weighted by atomic mass is 32.2. The topological polar surface area (TPSA) is 121 Å². The van der Waals surface area contributed by atoms with Crippen LogP contribution in [-0.2, 0) is 20.8 Å². The number of hydrogen-bond acceptors (Lipinski definition) is 9. The summed E-state index contributed by atoms with van der Waals surface area (Å²) in [6.45, 7) is 4.06. The first-order valence-corrected chi connectivity index (χ1v) is 13.4. The Morgan fingerprint density at radius 3 is 2.60 bits per heavy atom. The van der Waals surface area contributed by atoms with Crippen molar-refractivity contribution in [3.05, 3.63) is 58.6 Å². The van der Waals surface area contributed by atoms with Crippen molar-refractivity contribution in [2.24, 2.45) is 0 Å². The molecule has 10 heteroatoms. The van der Waals surface area contributed by atoms with Crippen LogP contribution < -0.4 is 22.1 Å². The van der Waals surface area contributed by atoms with Crippen molar-refractivity contribution in [2.45, 2.75) is 56.7 Å². The zero-order chi connectivity index (χ0) is 24.7. The van der Waals surface area contributed by atoms with E-state index in [-0.39, 0.29) is 23.8 Å². The van der Waals surface area contributed by atoms with E-state index in [4.69, 9.17) is 15.2 Å². The molecule has 1 aromatic carbocycles. The van der Waals surface area contributed by atoms with Gasteiger partial charge >= 0.3 is 11.7 Å². The van der Waals surface area contributed by atoms with E-state index in [9.17, 15) is 9.59 Å². The summed E-state index contributed by atoms with van der Waals surface area (Å²) < 4.78 is 12.6. The number of carbonyl (C=O) groups excluding carboxylic acids is 1. The third kappa shape index (κ3) is 10.4. The van der Waals surface area contributed by atoms with E-state index in [0.29, 0.717) is 12.2 Å². The zero-order valence-corrected chi connectivity index (χ0v) is 21.0. The lowest BCUT2D eigenvalue weighted by Crippen LogP contribution is -2.29. The molecule has 2 heterocycles. The maximum absolute atomic E-state index is 12.0. The minimum Gasteiger partial charge on any atom is -0.462 e. The molecule has 2 atom stereocenters. The number of nitrogens with one attached hydrogen (secondary N) is 2. The lowest BCUT2D eigenvalue weighted by Gasteiger charge is -2.14. The number of nitrogens with zero attached hydrogens (tertiary/aromatic N) is 2. The molecule has 0 radical (unpaired) electrons. The second-order valence-electron chi connectivity index (χ2n) is 8.51. The average Bonchev–Trinajstić information content (AvgIpc) is 3.33. The lowest BCUT2D eigenvalue weighted by molar-refractivity contribution is -0.147. The van der Waals surface area contributed by atoms with Crippen LogP contribution in [0.1, 0.15) is 50.3 Å². The predicted octanol–water partition coefficient (Wildman–Crippen LogP) is 2.68. The van der Waals surface area contributed by atoms with Gasteiger partial charge in [0.1, 0.15) is 24.1 Å². The van der Waals surface area contributed by atoms with Crippen LogP contribution >= 0.6 is 11.8 Å². The molecular formula is C25H37N5O4S. The number of esters is 1. The number of rotatable bonds is 16. The number of unbranched alkanes of at least 4 members (excludes halogenated alkanes) is 3. The fourth-order valence-corrected chi connectivity index (χ4v) is 4.69. The molecule has 1 saturated heterocycles. The summed E-state index contributed by atoms with van der Waals surface area (Å²) in [6, 6.07) is 12.0. The number of aromatic nitrogens is 2. The van der Waals surface area contributed by atoms with Crippen LogP contribution in [0.2, 0.25) is 0 Å². The minimum absolute atomic E-state index is 0.176. The second kappa shape index (κ2) is 15.6. The molecule has 9 nitrogen and oxygen atoms in total. The molecule has 2 unspecified atom stereocenters. The van der Waals surface area contributed by atoms with Gasteiger partial charge in [-0.1, -0.05) is 36.8 Å². The van der Waals surface area contributed by atoms with Gasteiger partial charge in [-0.2, -0.15) is 4.98 Å². The fourth-order valence-electron chi connectivity index (χ4n) is 3.70. The van der Waals surface area contributed by atoms with Crippen molar-refractivity contribution in [3.63, 3.8) is 0 Å². The monoisotopic (exact) mass is 503 g/mol. The average molecular weight is 504 g/mol. The molecule has 1 fully saturated rings. The molecule has 35 heavy (non-hydrogen) atoms. The number of anilines is 1. The number of ether oxygens (including phenoxy) is 2. The molecule has 1 aliphatic rings. The van der Waals surface area contributed by atoms with Gasteiger partial charge in [-0.3, -0.25) is 9.36 Å². The van der Waals surface area contributed by atoms with Crippen molar-refractivity contribution in [2.75, 3.05) is 37.7 Å². The SMILES string of the molecule is Nc1ccn(C2CSC(COC(=O)CCCCNCCCCCNCc3ccccc3)O2)c(=O)n1. The third-order valence-electron chi connectivity index (χ3n) is 5.64. The van der Waals surface area contributed by atoms with Gasteiger partial charge in [-0.25, -0.2) is 4.79 Å². The van der Waals surface area contributed by atoms with Crippen LogP contribution in [0.5, 0.6) is 0 Å². The number of benzene rings is 1. The molecule has 2 aromatic rings. The molecule has 3 rings (SSSR count). The molecule has 1 aromatic heterocycles. The van der Waals surface area contributed by atoms with Gasteiger partial charge in [-0.05, 0) is 56.9 Å².